The van der Waals surface area contributed by atoms with Crippen LogP contribution in [0.3, 0.4) is 0 Å². The lowest BCUT2D eigenvalue weighted by atomic mass is 10.1. The van der Waals surface area contributed by atoms with Crippen molar-refractivity contribution in [2.75, 3.05) is 32.8 Å². The van der Waals surface area contributed by atoms with Crippen molar-refractivity contribution in [2.24, 2.45) is 0 Å². The Morgan fingerprint density at radius 2 is 1.67 bits per heavy atom. The van der Waals surface area contributed by atoms with Crippen LogP contribution < -0.4 is 0 Å². The van der Waals surface area contributed by atoms with Crippen molar-refractivity contribution in [3.8, 4) is 0 Å². The molecule has 0 spiro atoms. The van der Waals surface area contributed by atoms with E-state index in [0.29, 0.717) is 19.5 Å². The Morgan fingerprint density at radius 1 is 1.08 bits per heavy atom. The molecule has 0 bridgehead atoms. The molecular weight excluding hydrogens is 312 g/mol. The van der Waals surface area contributed by atoms with Gasteiger partial charge in [-0.05, 0) is 53.1 Å². The Labute approximate surface area is 144 Å². The first-order chi connectivity index (χ1) is 11.3. The molecule has 0 saturated carbocycles. The fourth-order valence-electron chi connectivity index (χ4n) is 3.47. The van der Waals surface area contributed by atoms with Gasteiger partial charge in [-0.2, -0.15) is 0 Å². The zero-order valence-electron chi connectivity index (χ0n) is 15.0. The first-order valence-electron chi connectivity index (χ1n) is 8.73. The Morgan fingerprint density at radius 3 is 2.00 bits per heavy atom. The number of hydrogen-bond donors (Lipinski definition) is 3. The van der Waals surface area contributed by atoms with Crippen molar-refractivity contribution in [3.05, 3.63) is 0 Å². The van der Waals surface area contributed by atoms with E-state index in [1.807, 2.05) is 4.90 Å². The van der Waals surface area contributed by atoms with Crippen molar-refractivity contribution >= 4 is 11.6 Å². The van der Waals surface area contributed by atoms with Gasteiger partial charge in [-0.1, -0.05) is 0 Å². The maximum atomic E-state index is 11.2. The molecule has 0 aromatic carbocycles. The fourth-order valence-corrected chi connectivity index (χ4v) is 3.47. The standard InChI is InChI=1S/C9H17NO2.C8H15NO3/c1-7(11)9(8(2)12)10-5-3-4-6-10;1-6(11)8(5-10)9-3-2-7(12)4-9/h7,9,11H,3-6H2,1-2H3;7-8,10,12H,2-5H2,1H3/t7?,9-;7?,8-/m00/s1. The highest BCUT2D eigenvalue weighted by atomic mass is 16.3. The highest BCUT2D eigenvalue weighted by Crippen LogP contribution is 2.15. The average Bonchev–Trinajstić information content (AvgIpc) is 3.11. The van der Waals surface area contributed by atoms with E-state index in [0.717, 1.165) is 25.9 Å². The number of ketones is 2. The van der Waals surface area contributed by atoms with E-state index in [2.05, 4.69) is 4.90 Å². The molecule has 0 aromatic heterocycles. The van der Waals surface area contributed by atoms with E-state index in [1.165, 1.54) is 6.92 Å². The average molecular weight is 344 g/mol. The van der Waals surface area contributed by atoms with Crippen molar-refractivity contribution in [3.63, 3.8) is 0 Å². The molecule has 140 valence electrons. The summed E-state index contributed by atoms with van der Waals surface area (Å²) < 4.78 is 0. The van der Waals surface area contributed by atoms with E-state index in [9.17, 15) is 19.8 Å². The second-order valence-electron chi connectivity index (χ2n) is 6.79. The summed E-state index contributed by atoms with van der Waals surface area (Å²) in [5, 5.41) is 27.5. The summed E-state index contributed by atoms with van der Waals surface area (Å²) in [4.78, 5) is 26.1. The Hall–Kier alpha value is -0.860. The molecule has 7 heteroatoms. The normalized spacial score (nSPS) is 25.7. The van der Waals surface area contributed by atoms with Crippen LogP contribution in [0.4, 0.5) is 0 Å². The third kappa shape index (κ3) is 6.22. The Kier molecular flexibility index (Phi) is 9.01. The van der Waals surface area contributed by atoms with Gasteiger partial charge in [0, 0.05) is 13.1 Å². The number of likely N-dealkylation sites (tertiary alicyclic amines) is 2. The second kappa shape index (κ2) is 10.2. The third-order valence-corrected chi connectivity index (χ3v) is 4.69. The molecule has 0 amide bonds. The van der Waals surface area contributed by atoms with Gasteiger partial charge in [0.1, 0.15) is 11.6 Å². The molecular formula is C17H32N2O5. The lowest BCUT2D eigenvalue weighted by Crippen LogP contribution is -2.45. The smallest absolute Gasteiger partial charge is 0.149 e. The van der Waals surface area contributed by atoms with Gasteiger partial charge < -0.3 is 15.3 Å². The molecule has 2 rings (SSSR count). The quantitative estimate of drug-likeness (QED) is 0.593. The molecule has 2 fully saturated rings. The van der Waals surface area contributed by atoms with Gasteiger partial charge in [0.05, 0.1) is 30.9 Å². The van der Waals surface area contributed by atoms with Crippen molar-refractivity contribution in [2.45, 2.75) is 64.3 Å². The lowest BCUT2D eigenvalue weighted by Gasteiger charge is -2.27. The van der Waals surface area contributed by atoms with Crippen LogP contribution in [-0.4, -0.2) is 93.8 Å². The van der Waals surface area contributed by atoms with E-state index in [4.69, 9.17) is 5.11 Å². The van der Waals surface area contributed by atoms with Crippen LogP contribution in [0.5, 0.6) is 0 Å². The molecule has 2 aliphatic heterocycles. The van der Waals surface area contributed by atoms with Gasteiger partial charge in [-0.25, -0.2) is 0 Å². The molecule has 2 saturated heterocycles. The Balaban J connectivity index is 0.000000240. The number of rotatable bonds is 6. The summed E-state index contributed by atoms with van der Waals surface area (Å²) >= 11 is 0. The number of hydrogen-bond acceptors (Lipinski definition) is 7. The van der Waals surface area contributed by atoms with E-state index >= 15 is 0 Å². The molecule has 7 nitrogen and oxygen atoms in total. The number of aliphatic hydroxyl groups is 3. The van der Waals surface area contributed by atoms with Gasteiger partial charge in [0.25, 0.3) is 0 Å². The van der Waals surface area contributed by atoms with Gasteiger partial charge >= 0.3 is 0 Å². The summed E-state index contributed by atoms with van der Waals surface area (Å²) in [6.45, 7) is 7.66. The monoisotopic (exact) mass is 344 g/mol. The summed E-state index contributed by atoms with van der Waals surface area (Å²) in [5.41, 5.74) is 0. The third-order valence-electron chi connectivity index (χ3n) is 4.69. The molecule has 3 N–H and O–H groups in total. The molecule has 2 unspecified atom stereocenters. The van der Waals surface area contributed by atoms with Crippen LogP contribution in [0.1, 0.15) is 40.0 Å². The van der Waals surface area contributed by atoms with Crippen molar-refractivity contribution < 1.29 is 24.9 Å². The van der Waals surface area contributed by atoms with Gasteiger partial charge in [-0.3, -0.25) is 19.4 Å². The number of Topliss-reactive ketones (excluding diaryl/α,β-unsaturated/α-hetero) is 2. The topological polar surface area (TPSA) is 101 Å². The molecule has 0 aromatic rings. The molecule has 2 heterocycles. The first-order valence-corrected chi connectivity index (χ1v) is 8.73. The number of carbonyl (C=O) groups is 2. The number of carbonyl (C=O) groups excluding carboxylic acids is 2. The van der Waals surface area contributed by atoms with E-state index < -0.39 is 12.1 Å². The van der Waals surface area contributed by atoms with Gasteiger partial charge in [0.2, 0.25) is 0 Å². The summed E-state index contributed by atoms with van der Waals surface area (Å²) in [6.07, 6.45) is 2.12. The van der Waals surface area contributed by atoms with E-state index in [-0.39, 0.29) is 30.3 Å². The fraction of sp³-hybridized carbons (Fsp3) is 0.882. The summed E-state index contributed by atoms with van der Waals surface area (Å²) in [5.74, 6) is 0.0403. The van der Waals surface area contributed by atoms with Crippen molar-refractivity contribution in [1.82, 2.24) is 9.80 Å². The van der Waals surface area contributed by atoms with Crippen LogP contribution in [0.15, 0.2) is 0 Å². The number of β-amino-alcohol motifs (C(OH)–C–C–N with tert-alkyl or cyclic N) is 1. The molecule has 0 radical (unpaired) electrons. The molecule has 24 heavy (non-hydrogen) atoms. The highest BCUT2D eigenvalue weighted by Gasteiger charge is 2.29. The zero-order valence-corrected chi connectivity index (χ0v) is 15.0. The Bertz CT molecular complexity index is 410. The largest absolute Gasteiger partial charge is 0.394 e. The van der Waals surface area contributed by atoms with Gasteiger partial charge in [-0.15, -0.1) is 0 Å². The zero-order chi connectivity index (χ0) is 18.3. The lowest BCUT2D eigenvalue weighted by molar-refractivity contribution is -0.125. The maximum Gasteiger partial charge on any atom is 0.149 e. The molecule has 2 aliphatic rings. The number of aliphatic hydroxyl groups excluding tert-OH is 3. The van der Waals surface area contributed by atoms with Gasteiger partial charge in [0.15, 0.2) is 0 Å². The molecule has 0 aliphatic carbocycles. The number of nitrogens with zero attached hydrogens (tertiary/aromatic N) is 2. The maximum absolute atomic E-state index is 11.2. The summed E-state index contributed by atoms with van der Waals surface area (Å²) in [7, 11) is 0. The second-order valence-corrected chi connectivity index (χ2v) is 6.79. The van der Waals surface area contributed by atoms with E-state index in [1.54, 1.807) is 13.8 Å². The van der Waals surface area contributed by atoms with Crippen LogP contribution in [0, 0.1) is 0 Å². The van der Waals surface area contributed by atoms with Crippen LogP contribution in [0.2, 0.25) is 0 Å². The predicted molar refractivity (Wildman–Crippen MR) is 90.7 cm³/mol. The van der Waals surface area contributed by atoms with Crippen LogP contribution >= 0.6 is 0 Å². The minimum Gasteiger partial charge on any atom is -0.394 e. The van der Waals surface area contributed by atoms with Crippen molar-refractivity contribution in [1.29, 1.82) is 0 Å². The first kappa shape index (κ1) is 21.2. The summed E-state index contributed by atoms with van der Waals surface area (Å²) in [6, 6.07) is -0.686. The molecule has 4 atom stereocenters. The minimum absolute atomic E-state index is 0.0356. The predicted octanol–water partition coefficient (Wildman–Crippen LogP) is -0.576. The van der Waals surface area contributed by atoms with Crippen LogP contribution in [-0.2, 0) is 9.59 Å². The highest BCUT2D eigenvalue weighted by molar-refractivity contribution is 5.82. The minimum atomic E-state index is -0.541. The van der Waals surface area contributed by atoms with Crippen LogP contribution in [0.25, 0.3) is 0 Å². The SMILES string of the molecule is CC(=O)[C@H](C(C)O)N1CCCC1.CC(=O)[C@H](CO)N1CCC(O)C1.